The maximum Gasteiger partial charge on any atom is 0.251 e. The summed E-state index contributed by atoms with van der Waals surface area (Å²) in [6.07, 6.45) is 3.73. The molecule has 21 heavy (non-hydrogen) atoms. The molecular weight excluding hydrogens is 262 g/mol. The highest BCUT2D eigenvalue weighted by Gasteiger charge is 2.45. The molecule has 1 fully saturated rings. The minimum atomic E-state index is -0.177. The highest BCUT2D eigenvalue weighted by Crippen LogP contribution is 2.45. The van der Waals surface area contributed by atoms with Crippen LogP contribution in [0.2, 0.25) is 0 Å². The van der Waals surface area contributed by atoms with Crippen molar-refractivity contribution in [2.24, 2.45) is 0 Å². The first-order chi connectivity index (χ1) is 10.3. The number of nitrogens with zero attached hydrogens (tertiary/aromatic N) is 1. The highest BCUT2D eigenvalue weighted by molar-refractivity contribution is 5.98. The average Bonchev–Trinajstić information content (AvgIpc) is 3.15. The predicted octanol–water partition coefficient (Wildman–Crippen LogP) is 2.98. The van der Waals surface area contributed by atoms with E-state index in [-0.39, 0.29) is 11.4 Å². The summed E-state index contributed by atoms with van der Waals surface area (Å²) in [5.41, 5.74) is 2.62. The molecule has 3 aromatic rings. The number of H-pyrrole nitrogens is 1. The van der Waals surface area contributed by atoms with Gasteiger partial charge in [0.1, 0.15) is 0 Å². The lowest BCUT2D eigenvalue weighted by atomic mass is 10.0. The third-order valence-electron chi connectivity index (χ3n) is 4.13. The minimum Gasteiger partial charge on any atom is -0.343 e. The first-order valence-corrected chi connectivity index (χ1v) is 7.08. The predicted molar refractivity (Wildman–Crippen MR) is 80.9 cm³/mol. The fraction of sp³-hybridized carbons (Fsp3) is 0.176. The minimum absolute atomic E-state index is 0.0283. The summed E-state index contributed by atoms with van der Waals surface area (Å²) in [5.74, 6) is -0.0283. The molecule has 1 amide bonds. The van der Waals surface area contributed by atoms with Crippen LogP contribution in [-0.2, 0) is 5.54 Å². The number of aromatic nitrogens is 2. The van der Waals surface area contributed by atoms with E-state index in [1.807, 2.05) is 36.4 Å². The van der Waals surface area contributed by atoms with Crippen LogP contribution in [0.15, 0.2) is 54.7 Å². The summed E-state index contributed by atoms with van der Waals surface area (Å²) in [4.78, 5) is 12.5. The molecule has 0 atom stereocenters. The van der Waals surface area contributed by atoms with Gasteiger partial charge in [-0.2, -0.15) is 5.10 Å². The van der Waals surface area contributed by atoms with Crippen molar-refractivity contribution in [3.05, 3.63) is 65.9 Å². The van der Waals surface area contributed by atoms with Gasteiger partial charge in [0.2, 0.25) is 0 Å². The van der Waals surface area contributed by atoms with Crippen LogP contribution in [0.4, 0.5) is 0 Å². The van der Waals surface area contributed by atoms with Crippen molar-refractivity contribution >= 4 is 16.8 Å². The molecule has 1 aliphatic carbocycles. The van der Waals surface area contributed by atoms with Crippen molar-refractivity contribution in [1.29, 1.82) is 0 Å². The van der Waals surface area contributed by atoms with E-state index < -0.39 is 0 Å². The monoisotopic (exact) mass is 277 g/mol. The third-order valence-corrected chi connectivity index (χ3v) is 4.13. The van der Waals surface area contributed by atoms with E-state index in [9.17, 15) is 4.79 Å². The molecule has 4 rings (SSSR count). The molecule has 0 bridgehead atoms. The summed E-state index contributed by atoms with van der Waals surface area (Å²) < 4.78 is 0. The van der Waals surface area contributed by atoms with Gasteiger partial charge in [0, 0.05) is 10.9 Å². The number of benzene rings is 2. The van der Waals surface area contributed by atoms with Crippen LogP contribution in [0.5, 0.6) is 0 Å². The van der Waals surface area contributed by atoms with E-state index in [0.717, 1.165) is 23.7 Å². The topological polar surface area (TPSA) is 57.8 Å². The van der Waals surface area contributed by atoms with Gasteiger partial charge in [-0.05, 0) is 36.6 Å². The number of hydrogen-bond donors (Lipinski definition) is 2. The Balaban J connectivity index is 1.61. The van der Waals surface area contributed by atoms with E-state index >= 15 is 0 Å². The number of carbonyl (C=O) groups is 1. The van der Waals surface area contributed by atoms with Crippen LogP contribution in [0.3, 0.4) is 0 Å². The number of rotatable bonds is 3. The van der Waals surface area contributed by atoms with Gasteiger partial charge in [-0.3, -0.25) is 9.89 Å². The Morgan fingerprint density at radius 2 is 1.95 bits per heavy atom. The van der Waals surface area contributed by atoms with Crippen molar-refractivity contribution in [3.8, 4) is 0 Å². The molecule has 1 aliphatic rings. The van der Waals surface area contributed by atoms with Crippen molar-refractivity contribution in [3.63, 3.8) is 0 Å². The van der Waals surface area contributed by atoms with Crippen molar-refractivity contribution < 1.29 is 4.79 Å². The van der Waals surface area contributed by atoms with Gasteiger partial charge < -0.3 is 5.32 Å². The molecule has 2 N–H and O–H groups in total. The second kappa shape index (κ2) is 4.45. The van der Waals surface area contributed by atoms with Crippen molar-refractivity contribution in [1.82, 2.24) is 15.5 Å². The number of amides is 1. The van der Waals surface area contributed by atoms with Gasteiger partial charge in [0.25, 0.3) is 5.91 Å². The van der Waals surface area contributed by atoms with Gasteiger partial charge in [0.05, 0.1) is 17.3 Å². The van der Waals surface area contributed by atoms with Gasteiger partial charge >= 0.3 is 0 Å². The first kappa shape index (κ1) is 12.1. The Bertz CT molecular complexity index is 803. The quantitative estimate of drug-likeness (QED) is 0.773. The van der Waals surface area contributed by atoms with E-state index in [1.54, 1.807) is 6.20 Å². The number of hydrogen-bond acceptors (Lipinski definition) is 2. The average molecular weight is 277 g/mol. The molecule has 0 spiro atoms. The molecule has 0 saturated heterocycles. The zero-order valence-electron chi connectivity index (χ0n) is 11.5. The van der Waals surface area contributed by atoms with Gasteiger partial charge in [-0.15, -0.1) is 0 Å². The second-order valence-electron chi connectivity index (χ2n) is 5.57. The van der Waals surface area contributed by atoms with Crippen LogP contribution >= 0.6 is 0 Å². The van der Waals surface area contributed by atoms with Crippen LogP contribution in [-0.4, -0.2) is 16.1 Å². The van der Waals surface area contributed by atoms with Crippen LogP contribution in [0.25, 0.3) is 10.9 Å². The zero-order chi connectivity index (χ0) is 14.3. The lowest BCUT2D eigenvalue weighted by Crippen LogP contribution is -2.34. The number of aromatic amines is 1. The Hall–Kier alpha value is -2.62. The maximum absolute atomic E-state index is 12.5. The normalized spacial score (nSPS) is 15.8. The molecule has 2 aromatic carbocycles. The molecule has 4 heteroatoms. The van der Waals surface area contributed by atoms with Crippen molar-refractivity contribution in [2.75, 3.05) is 0 Å². The number of nitrogens with one attached hydrogen (secondary N) is 2. The second-order valence-corrected chi connectivity index (χ2v) is 5.57. The Morgan fingerprint density at radius 3 is 2.71 bits per heavy atom. The van der Waals surface area contributed by atoms with Crippen LogP contribution < -0.4 is 5.32 Å². The standard InChI is InChI=1S/C17H15N3O/c21-16(12-6-7-15-13(10-12)11-18-20-15)19-17(8-9-17)14-4-2-1-3-5-14/h1-7,10-11H,8-9H2,(H,18,20)(H,19,21). The molecule has 104 valence electrons. The zero-order valence-corrected chi connectivity index (χ0v) is 11.5. The van der Waals surface area contributed by atoms with Crippen LogP contribution in [0, 0.1) is 0 Å². The summed E-state index contributed by atoms with van der Waals surface area (Å²) in [5, 5.41) is 11.0. The summed E-state index contributed by atoms with van der Waals surface area (Å²) in [6, 6.07) is 15.8. The van der Waals surface area contributed by atoms with Crippen LogP contribution in [0.1, 0.15) is 28.8 Å². The molecule has 1 heterocycles. The van der Waals surface area contributed by atoms with Gasteiger partial charge in [-0.1, -0.05) is 30.3 Å². The maximum atomic E-state index is 12.5. The fourth-order valence-electron chi connectivity index (χ4n) is 2.74. The summed E-state index contributed by atoms with van der Waals surface area (Å²) in [6.45, 7) is 0. The van der Waals surface area contributed by atoms with E-state index in [0.29, 0.717) is 5.56 Å². The lowest BCUT2D eigenvalue weighted by molar-refractivity contribution is 0.0931. The van der Waals surface area contributed by atoms with Gasteiger partial charge in [-0.25, -0.2) is 0 Å². The van der Waals surface area contributed by atoms with E-state index in [4.69, 9.17) is 0 Å². The Kier molecular flexibility index (Phi) is 2.57. The van der Waals surface area contributed by atoms with Crippen molar-refractivity contribution in [2.45, 2.75) is 18.4 Å². The molecule has 0 aliphatic heterocycles. The highest BCUT2D eigenvalue weighted by atomic mass is 16.1. The Morgan fingerprint density at radius 1 is 1.14 bits per heavy atom. The Labute approximate surface area is 122 Å². The first-order valence-electron chi connectivity index (χ1n) is 7.08. The summed E-state index contributed by atoms with van der Waals surface area (Å²) in [7, 11) is 0. The SMILES string of the molecule is O=C(NC1(c2ccccc2)CC1)c1ccc2[nH]ncc2c1. The van der Waals surface area contributed by atoms with E-state index in [2.05, 4.69) is 27.6 Å². The molecule has 4 nitrogen and oxygen atoms in total. The third kappa shape index (κ3) is 2.09. The number of fused-ring (bicyclic) bond motifs is 1. The van der Waals surface area contributed by atoms with E-state index in [1.165, 1.54) is 5.56 Å². The van der Waals surface area contributed by atoms with Gasteiger partial charge in [0.15, 0.2) is 0 Å². The molecule has 1 aromatic heterocycles. The molecule has 1 saturated carbocycles. The molecular formula is C17H15N3O. The molecule has 0 radical (unpaired) electrons. The molecule has 0 unspecified atom stereocenters. The summed E-state index contributed by atoms with van der Waals surface area (Å²) >= 11 is 0. The number of carbonyl (C=O) groups excluding carboxylic acids is 1. The smallest absolute Gasteiger partial charge is 0.251 e. The fourth-order valence-corrected chi connectivity index (χ4v) is 2.74. The lowest BCUT2D eigenvalue weighted by Gasteiger charge is -2.18. The largest absolute Gasteiger partial charge is 0.343 e.